The molecule has 0 atom stereocenters. The normalized spacial score (nSPS) is 15.6. The molecule has 5 rings (SSSR count). The molecular weight excluding hydrogens is 436 g/mol. The SMILES string of the molecule is Brc1c(-c2n[nH]c3ccsc23)[nH]c2cc(OCCCN3CCCCC3)ccc12. The van der Waals surface area contributed by atoms with Crippen LogP contribution in [0.25, 0.3) is 32.5 Å². The number of H-pyrrole nitrogens is 2. The predicted molar refractivity (Wildman–Crippen MR) is 119 cm³/mol. The Hall–Kier alpha value is -1.83. The molecule has 5 nitrogen and oxygen atoms in total. The molecule has 2 N–H and O–H groups in total. The summed E-state index contributed by atoms with van der Waals surface area (Å²) in [6.07, 6.45) is 5.14. The van der Waals surface area contributed by atoms with Crippen molar-refractivity contribution in [2.24, 2.45) is 0 Å². The monoisotopic (exact) mass is 458 g/mol. The van der Waals surface area contributed by atoms with Crippen LogP contribution in [-0.4, -0.2) is 46.3 Å². The maximum absolute atomic E-state index is 6.02. The van der Waals surface area contributed by atoms with Gasteiger partial charge in [-0.25, -0.2) is 0 Å². The van der Waals surface area contributed by atoms with Crippen molar-refractivity contribution in [2.75, 3.05) is 26.2 Å². The van der Waals surface area contributed by atoms with Crippen LogP contribution in [0.1, 0.15) is 25.7 Å². The lowest BCUT2D eigenvalue weighted by Crippen LogP contribution is -2.31. The van der Waals surface area contributed by atoms with Crippen molar-refractivity contribution in [1.29, 1.82) is 0 Å². The molecule has 4 aromatic rings. The predicted octanol–water partition coefficient (Wildman–Crippen LogP) is 5.79. The Bertz CT molecular complexity index is 1090. The highest BCUT2D eigenvalue weighted by atomic mass is 79.9. The third-order valence-electron chi connectivity index (χ3n) is 5.45. The molecule has 4 heterocycles. The van der Waals surface area contributed by atoms with E-state index in [1.807, 2.05) is 0 Å². The van der Waals surface area contributed by atoms with Crippen LogP contribution in [0.4, 0.5) is 0 Å². The van der Waals surface area contributed by atoms with E-state index in [-0.39, 0.29) is 0 Å². The van der Waals surface area contributed by atoms with E-state index in [0.29, 0.717) is 0 Å². The molecule has 0 unspecified atom stereocenters. The van der Waals surface area contributed by atoms with Gasteiger partial charge in [0, 0.05) is 18.0 Å². The van der Waals surface area contributed by atoms with E-state index in [4.69, 9.17) is 4.74 Å². The number of hydrogen-bond donors (Lipinski definition) is 2. The van der Waals surface area contributed by atoms with Crippen LogP contribution >= 0.6 is 27.3 Å². The van der Waals surface area contributed by atoms with E-state index < -0.39 is 0 Å². The quantitative estimate of drug-likeness (QED) is 0.359. The first kappa shape index (κ1) is 18.2. The summed E-state index contributed by atoms with van der Waals surface area (Å²) in [6.45, 7) is 4.38. The number of halogens is 1. The topological polar surface area (TPSA) is 56.9 Å². The van der Waals surface area contributed by atoms with Crippen LogP contribution in [0.5, 0.6) is 5.75 Å². The van der Waals surface area contributed by atoms with Crippen molar-refractivity contribution in [1.82, 2.24) is 20.1 Å². The summed E-state index contributed by atoms with van der Waals surface area (Å²) in [5.41, 5.74) is 4.09. The summed E-state index contributed by atoms with van der Waals surface area (Å²) in [5.74, 6) is 0.912. The van der Waals surface area contributed by atoms with Crippen LogP contribution < -0.4 is 4.74 Å². The van der Waals surface area contributed by atoms with E-state index in [9.17, 15) is 0 Å². The van der Waals surface area contributed by atoms with Crippen LogP contribution in [0.15, 0.2) is 34.1 Å². The van der Waals surface area contributed by atoms with E-state index in [1.165, 1.54) is 37.1 Å². The van der Waals surface area contributed by atoms with Gasteiger partial charge >= 0.3 is 0 Å². The smallest absolute Gasteiger partial charge is 0.127 e. The summed E-state index contributed by atoms with van der Waals surface area (Å²) in [5, 5.41) is 10.8. The molecular formula is C21H23BrN4OS. The van der Waals surface area contributed by atoms with Gasteiger partial charge in [-0.15, -0.1) is 11.3 Å². The lowest BCUT2D eigenvalue weighted by molar-refractivity contribution is 0.205. The fourth-order valence-corrected chi connectivity index (χ4v) is 5.45. The van der Waals surface area contributed by atoms with Crippen LogP contribution in [0, 0.1) is 0 Å². The minimum Gasteiger partial charge on any atom is -0.493 e. The molecule has 146 valence electrons. The molecule has 1 aliphatic rings. The number of nitrogens with one attached hydrogen (secondary N) is 2. The van der Waals surface area contributed by atoms with Gasteiger partial charge < -0.3 is 14.6 Å². The first-order valence-corrected chi connectivity index (χ1v) is 11.6. The Balaban J connectivity index is 1.30. The van der Waals surface area contributed by atoms with Crippen molar-refractivity contribution in [3.8, 4) is 17.1 Å². The molecule has 0 aliphatic carbocycles. The standard InChI is InChI=1S/C21H23BrN4OS/c22-18-15-6-5-14(27-11-4-10-26-8-2-1-3-9-26)13-17(15)23-19(18)20-21-16(24-25-20)7-12-28-21/h5-7,12-13,23H,1-4,8-11H2,(H,24,25). The number of fused-ring (bicyclic) bond motifs is 2. The second kappa shape index (κ2) is 7.89. The second-order valence-electron chi connectivity index (χ2n) is 7.36. The Morgan fingerprint density at radius 1 is 1.14 bits per heavy atom. The zero-order valence-electron chi connectivity index (χ0n) is 15.6. The summed E-state index contributed by atoms with van der Waals surface area (Å²) in [6, 6.07) is 8.31. The molecule has 28 heavy (non-hydrogen) atoms. The van der Waals surface area contributed by atoms with E-state index in [1.54, 1.807) is 11.3 Å². The Morgan fingerprint density at radius 3 is 2.93 bits per heavy atom. The number of nitrogens with zero attached hydrogens (tertiary/aromatic N) is 2. The molecule has 0 bridgehead atoms. The molecule has 1 aromatic carbocycles. The molecule has 0 saturated carbocycles. The van der Waals surface area contributed by atoms with Crippen molar-refractivity contribution in [2.45, 2.75) is 25.7 Å². The first-order chi connectivity index (χ1) is 13.8. The molecule has 1 aliphatic heterocycles. The third kappa shape index (κ3) is 3.47. The maximum Gasteiger partial charge on any atom is 0.127 e. The highest BCUT2D eigenvalue weighted by molar-refractivity contribution is 9.10. The second-order valence-corrected chi connectivity index (χ2v) is 9.07. The number of thiophene rings is 1. The number of aromatic nitrogens is 3. The lowest BCUT2D eigenvalue weighted by Gasteiger charge is -2.26. The zero-order chi connectivity index (χ0) is 18.9. The molecule has 0 spiro atoms. The average molecular weight is 459 g/mol. The summed E-state index contributed by atoms with van der Waals surface area (Å²) in [4.78, 5) is 6.07. The molecule has 0 amide bonds. The van der Waals surface area contributed by atoms with E-state index in [2.05, 4.69) is 65.7 Å². The van der Waals surface area contributed by atoms with Crippen LogP contribution in [-0.2, 0) is 0 Å². The number of hydrogen-bond acceptors (Lipinski definition) is 4. The molecule has 0 radical (unpaired) electrons. The van der Waals surface area contributed by atoms with Gasteiger partial charge in [-0.05, 0) is 71.9 Å². The van der Waals surface area contributed by atoms with Gasteiger partial charge in [0.2, 0.25) is 0 Å². The van der Waals surface area contributed by atoms with Gasteiger partial charge in [-0.1, -0.05) is 6.42 Å². The largest absolute Gasteiger partial charge is 0.493 e. The highest BCUT2D eigenvalue weighted by Crippen LogP contribution is 2.39. The maximum atomic E-state index is 6.02. The fraction of sp³-hybridized carbons (Fsp3) is 0.381. The van der Waals surface area contributed by atoms with E-state index >= 15 is 0 Å². The van der Waals surface area contributed by atoms with Crippen molar-refractivity contribution < 1.29 is 4.74 Å². The third-order valence-corrected chi connectivity index (χ3v) is 7.19. The van der Waals surface area contributed by atoms with Crippen molar-refractivity contribution in [3.05, 3.63) is 34.1 Å². The lowest BCUT2D eigenvalue weighted by atomic mass is 10.1. The van der Waals surface area contributed by atoms with Gasteiger partial charge in [0.05, 0.1) is 32.5 Å². The van der Waals surface area contributed by atoms with Gasteiger partial charge in [-0.2, -0.15) is 5.10 Å². The zero-order valence-corrected chi connectivity index (χ0v) is 18.0. The molecule has 1 fully saturated rings. The number of likely N-dealkylation sites (tertiary alicyclic amines) is 1. The number of piperidine rings is 1. The summed E-state index contributed by atoms with van der Waals surface area (Å²) in [7, 11) is 0. The highest BCUT2D eigenvalue weighted by Gasteiger charge is 2.17. The van der Waals surface area contributed by atoms with Crippen molar-refractivity contribution >= 4 is 48.4 Å². The van der Waals surface area contributed by atoms with Crippen LogP contribution in [0.3, 0.4) is 0 Å². The van der Waals surface area contributed by atoms with Gasteiger partial charge in [0.25, 0.3) is 0 Å². The van der Waals surface area contributed by atoms with Gasteiger partial charge in [-0.3, -0.25) is 5.10 Å². The fourth-order valence-electron chi connectivity index (χ4n) is 3.97. The van der Waals surface area contributed by atoms with E-state index in [0.717, 1.165) is 57.6 Å². The molecule has 1 saturated heterocycles. The Kier molecular flexibility index (Phi) is 5.13. The summed E-state index contributed by atoms with van der Waals surface area (Å²) >= 11 is 5.45. The first-order valence-electron chi connectivity index (χ1n) is 9.88. The number of ether oxygens (including phenoxy) is 1. The van der Waals surface area contributed by atoms with Gasteiger partial charge in [0.1, 0.15) is 11.4 Å². The minimum atomic E-state index is 0.756. The van der Waals surface area contributed by atoms with Gasteiger partial charge in [0.15, 0.2) is 0 Å². The average Bonchev–Trinajstić information content (AvgIpc) is 3.41. The molecule has 7 heteroatoms. The van der Waals surface area contributed by atoms with Crippen molar-refractivity contribution in [3.63, 3.8) is 0 Å². The summed E-state index contributed by atoms with van der Waals surface area (Å²) < 4.78 is 8.23. The Morgan fingerprint density at radius 2 is 2.04 bits per heavy atom. The number of rotatable bonds is 6. The minimum absolute atomic E-state index is 0.756. The Labute approximate surface area is 176 Å². The number of benzene rings is 1. The van der Waals surface area contributed by atoms with Crippen LogP contribution in [0.2, 0.25) is 0 Å². The molecule has 3 aromatic heterocycles. The number of aromatic amines is 2.